The summed E-state index contributed by atoms with van der Waals surface area (Å²) in [6.45, 7) is 12.2. The Morgan fingerprint density at radius 1 is 1.20 bits per heavy atom. The van der Waals surface area contributed by atoms with Crippen LogP contribution in [0.3, 0.4) is 0 Å². The third-order valence-corrected chi connectivity index (χ3v) is 3.29. The van der Waals surface area contributed by atoms with Crippen LogP contribution >= 0.6 is 24.0 Å². The minimum absolute atomic E-state index is 0. The van der Waals surface area contributed by atoms with Crippen LogP contribution in [-0.4, -0.2) is 38.9 Å². The third-order valence-electron chi connectivity index (χ3n) is 3.29. The molecule has 0 unspecified atom stereocenters. The summed E-state index contributed by atoms with van der Waals surface area (Å²) in [5.74, 6) is 1.68. The first-order valence-corrected chi connectivity index (χ1v) is 8.73. The molecule has 0 radical (unpaired) electrons. The van der Waals surface area contributed by atoms with Crippen molar-refractivity contribution in [3.63, 3.8) is 0 Å². The number of guanidine groups is 1. The number of rotatable bonds is 12. The van der Waals surface area contributed by atoms with E-state index in [2.05, 4.69) is 29.1 Å². The van der Waals surface area contributed by atoms with Crippen LogP contribution in [0, 0.1) is 0 Å². The summed E-state index contributed by atoms with van der Waals surface area (Å²) >= 11 is 0. The second-order valence-corrected chi connectivity index (χ2v) is 5.23. The van der Waals surface area contributed by atoms with Gasteiger partial charge in [0, 0.05) is 31.9 Å². The van der Waals surface area contributed by atoms with Crippen molar-refractivity contribution in [1.82, 2.24) is 10.6 Å². The first-order chi connectivity index (χ1) is 11.8. The maximum Gasteiger partial charge on any atom is 0.191 e. The summed E-state index contributed by atoms with van der Waals surface area (Å²) in [6, 6.07) is 7.96. The van der Waals surface area contributed by atoms with E-state index >= 15 is 0 Å². The summed E-state index contributed by atoms with van der Waals surface area (Å²) in [5, 5.41) is 6.63. The molecular formula is C19H32IN3O2. The van der Waals surface area contributed by atoms with Crippen LogP contribution in [0.25, 0.3) is 0 Å². The van der Waals surface area contributed by atoms with E-state index in [-0.39, 0.29) is 24.0 Å². The Balaban J connectivity index is 0.00000576. The molecule has 0 saturated carbocycles. The molecular weight excluding hydrogens is 429 g/mol. The molecule has 1 aromatic carbocycles. The van der Waals surface area contributed by atoms with Crippen LogP contribution in [0.1, 0.15) is 32.3 Å². The molecule has 0 aromatic heterocycles. The van der Waals surface area contributed by atoms with Crippen LogP contribution in [0.4, 0.5) is 0 Å². The SMILES string of the molecule is C=CCOc1ccccc1CN=C(NCC)NCCCCOCC.I. The molecule has 0 aliphatic carbocycles. The summed E-state index contributed by atoms with van der Waals surface area (Å²) < 4.78 is 11.0. The molecule has 0 heterocycles. The number of hydrogen-bond donors (Lipinski definition) is 2. The highest BCUT2D eigenvalue weighted by Crippen LogP contribution is 2.18. The first-order valence-electron chi connectivity index (χ1n) is 8.73. The predicted octanol–water partition coefficient (Wildman–Crippen LogP) is 3.74. The minimum Gasteiger partial charge on any atom is -0.489 e. The van der Waals surface area contributed by atoms with E-state index in [1.807, 2.05) is 31.2 Å². The highest BCUT2D eigenvalue weighted by Gasteiger charge is 2.03. The number of nitrogens with zero attached hydrogens (tertiary/aromatic N) is 1. The Hall–Kier alpha value is -1.28. The molecule has 0 atom stereocenters. The van der Waals surface area contributed by atoms with E-state index < -0.39 is 0 Å². The van der Waals surface area contributed by atoms with Gasteiger partial charge in [-0.1, -0.05) is 30.9 Å². The number of aliphatic imine (C=N–C) groups is 1. The Morgan fingerprint density at radius 2 is 2.00 bits per heavy atom. The summed E-state index contributed by atoms with van der Waals surface area (Å²) in [4.78, 5) is 4.64. The van der Waals surface area contributed by atoms with Crippen molar-refractivity contribution >= 4 is 29.9 Å². The number of unbranched alkanes of at least 4 members (excludes halogenated alkanes) is 1. The average Bonchev–Trinajstić information content (AvgIpc) is 2.61. The van der Waals surface area contributed by atoms with E-state index in [4.69, 9.17) is 9.47 Å². The topological polar surface area (TPSA) is 54.9 Å². The van der Waals surface area contributed by atoms with Gasteiger partial charge in [-0.2, -0.15) is 0 Å². The molecule has 1 aromatic rings. The largest absolute Gasteiger partial charge is 0.489 e. The van der Waals surface area contributed by atoms with E-state index in [1.54, 1.807) is 6.08 Å². The van der Waals surface area contributed by atoms with Crippen molar-refractivity contribution < 1.29 is 9.47 Å². The second-order valence-electron chi connectivity index (χ2n) is 5.23. The quantitative estimate of drug-likeness (QED) is 0.164. The van der Waals surface area contributed by atoms with E-state index in [9.17, 15) is 0 Å². The molecule has 0 spiro atoms. The molecule has 0 amide bonds. The van der Waals surface area contributed by atoms with Crippen LogP contribution in [0.15, 0.2) is 41.9 Å². The standard InChI is InChI=1S/C19H31N3O2.HI/c1-4-14-24-18-12-8-7-11-17(18)16-22-19(20-5-2)21-13-9-10-15-23-6-3;/h4,7-8,11-12H,1,5-6,9-10,13-16H2,2-3H3,(H2,20,21,22);1H. The van der Waals surface area contributed by atoms with Crippen LogP contribution in [0.5, 0.6) is 5.75 Å². The fraction of sp³-hybridized carbons (Fsp3) is 0.526. The average molecular weight is 461 g/mol. The lowest BCUT2D eigenvalue weighted by Gasteiger charge is -2.12. The predicted molar refractivity (Wildman–Crippen MR) is 116 cm³/mol. The Labute approximate surface area is 169 Å². The molecule has 0 fully saturated rings. The van der Waals surface area contributed by atoms with Gasteiger partial charge in [-0.15, -0.1) is 24.0 Å². The molecule has 142 valence electrons. The van der Waals surface area contributed by atoms with Gasteiger partial charge in [0.1, 0.15) is 12.4 Å². The van der Waals surface area contributed by atoms with Crippen LogP contribution < -0.4 is 15.4 Å². The van der Waals surface area contributed by atoms with Gasteiger partial charge in [-0.3, -0.25) is 0 Å². The fourth-order valence-electron chi connectivity index (χ4n) is 2.11. The summed E-state index contributed by atoms with van der Waals surface area (Å²) in [7, 11) is 0. The molecule has 0 aliphatic heterocycles. The second kappa shape index (κ2) is 16.2. The van der Waals surface area contributed by atoms with Crippen molar-refractivity contribution in [2.75, 3.05) is 32.9 Å². The molecule has 0 bridgehead atoms. The van der Waals surface area contributed by atoms with Gasteiger partial charge in [-0.25, -0.2) is 4.99 Å². The van der Waals surface area contributed by atoms with Gasteiger partial charge >= 0.3 is 0 Å². The smallest absolute Gasteiger partial charge is 0.191 e. The van der Waals surface area contributed by atoms with Crippen LogP contribution in [-0.2, 0) is 11.3 Å². The normalized spacial score (nSPS) is 10.7. The minimum atomic E-state index is 0. The van der Waals surface area contributed by atoms with Gasteiger partial charge in [-0.05, 0) is 32.8 Å². The highest BCUT2D eigenvalue weighted by molar-refractivity contribution is 14.0. The molecule has 2 N–H and O–H groups in total. The van der Waals surface area contributed by atoms with Crippen molar-refractivity contribution in [3.05, 3.63) is 42.5 Å². The van der Waals surface area contributed by atoms with Gasteiger partial charge < -0.3 is 20.1 Å². The van der Waals surface area contributed by atoms with Crippen LogP contribution in [0.2, 0.25) is 0 Å². The lowest BCUT2D eigenvalue weighted by molar-refractivity contribution is 0.143. The van der Waals surface area contributed by atoms with Gasteiger partial charge in [0.15, 0.2) is 5.96 Å². The Bertz CT molecular complexity index is 495. The van der Waals surface area contributed by atoms with E-state index in [0.717, 1.165) is 56.4 Å². The molecule has 6 heteroatoms. The summed E-state index contributed by atoms with van der Waals surface area (Å²) in [5.41, 5.74) is 1.06. The lowest BCUT2D eigenvalue weighted by atomic mass is 10.2. The number of nitrogens with one attached hydrogen (secondary N) is 2. The number of benzene rings is 1. The lowest BCUT2D eigenvalue weighted by Crippen LogP contribution is -2.37. The maximum absolute atomic E-state index is 5.67. The number of hydrogen-bond acceptors (Lipinski definition) is 3. The molecule has 1 rings (SSSR count). The van der Waals surface area contributed by atoms with Crippen molar-refractivity contribution in [1.29, 1.82) is 0 Å². The maximum atomic E-state index is 5.67. The third kappa shape index (κ3) is 11.0. The van der Waals surface area contributed by atoms with E-state index in [0.29, 0.717) is 13.2 Å². The summed E-state index contributed by atoms with van der Waals surface area (Å²) in [6.07, 6.45) is 3.86. The number of ether oxygens (including phenoxy) is 2. The zero-order valence-electron chi connectivity index (χ0n) is 15.4. The van der Waals surface area contributed by atoms with E-state index in [1.165, 1.54) is 0 Å². The van der Waals surface area contributed by atoms with Crippen molar-refractivity contribution in [2.45, 2.75) is 33.2 Å². The molecule has 5 nitrogen and oxygen atoms in total. The van der Waals surface area contributed by atoms with Gasteiger partial charge in [0.05, 0.1) is 6.54 Å². The van der Waals surface area contributed by atoms with Gasteiger partial charge in [0.25, 0.3) is 0 Å². The Kier molecular flexibility index (Phi) is 15.4. The monoisotopic (exact) mass is 461 g/mol. The fourth-order valence-corrected chi connectivity index (χ4v) is 2.11. The van der Waals surface area contributed by atoms with Crippen molar-refractivity contribution in [3.8, 4) is 5.75 Å². The zero-order valence-corrected chi connectivity index (χ0v) is 17.8. The molecule has 25 heavy (non-hydrogen) atoms. The molecule has 0 saturated heterocycles. The van der Waals surface area contributed by atoms with Crippen molar-refractivity contribution in [2.24, 2.45) is 4.99 Å². The zero-order chi connectivity index (χ0) is 17.5. The number of halogens is 1. The highest BCUT2D eigenvalue weighted by atomic mass is 127. The first kappa shape index (κ1) is 23.7. The molecule has 0 aliphatic rings. The van der Waals surface area contributed by atoms with Gasteiger partial charge in [0.2, 0.25) is 0 Å². The number of para-hydroxylation sites is 1. The Morgan fingerprint density at radius 3 is 2.72 bits per heavy atom.